The number of rotatable bonds is 5. The molecule has 0 aliphatic rings. The zero-order valence-electron chi connectivity index (χ0n) is 12.1. The van der Waals surface area contributed by atoms with Gasteiger partial charge in [-0.05, 0) is 18.6 Å². The van der Waals surface area contributed by atoms with E-state index < -0.39 is 25.6 Å². The van der Waals surface area contributed by atoms with Crippen LogP contribution in [0.2, 0.25) is 5.02 Å². The molecule has 2 aromatic carbocycles. The highest BCUT2D eigenvalue weighted by Gasteiger charge is 2.22. The molecular formula is C13H10ClN3O6S. The van der Waals surface area contributed by atoms with Crippen LogP contribution in [-0.2, 0) is 10.0 Å². The maximum Gasteiger partial charge on any atom is 0.271 e. The summed E-state index contributed by atoms with van der Waals surface area (Å²) in [6, 6.07) is 6.64. The van der Waals surface area contributed by atoms with Gasteiger partial charge < -0.3 is 0 Å². The number of hydrogen-bond donors (Lipinski definition) is 1. The zero-order valence-corrected chi connectivity index (χ0v) is 13.7. The molecule has 9 nitrogen and oxygen atoms in total. The van der Waals surface area contributed by atoms with Crippen LogP contribution in [-0.4, -0.2) is 18.3 Å². The Hall–Kier alpha value is -2.72. The molecule has 24 heavy (non-hydrogen) atoms. The Morgan fingerprint density at radius 1 is 1.00 bits per heavy atom. The fourth-order valence-electron chi connectivity index (χ4n) is 1.90. The summed E-state index contributed by atoms with van der Waals surface area (Å²) in [6.45, 7) is 1.47. The minimum Gasteiger partial charge on any atom is -0.278 e. The number of halogens is 1. The largest absolute Gasteiger partial charge is 0.278 e. The van der Waals surface area contributed by atoms with Crippen LogP contribution in [0.4, 0.5) is 17.1 Å². The summed E-state index contributed by atoms with van der Waals surface area (Å²) in [5.74, 6) is 0. The third-order valence-electron chi connectivity index (χ3n) is 3.08. The maximum absolute atomic E-state index is 12.5. The molecule has 0 aliphatic heterocycles. The Labute approximate surface area is 141 Å². The van der Waals surface area contributed by atoms with Crippen molar-refractivity contribution in [1.82, 2.24) is 0 Å². The van der Waals surface area contributed by atoms with Crippen LogP contribution in [0.1, 0.15) is 5.56 Å². The van der Waals surface area contributed by atoms with Gasteiger partial charge in [-0.1, -0.05) is 17.7 Å². The van der Waals surface area contributed by atoms with E-state index in [2.05, 4.69) is 4.72 Å². The van der Waals surface area contributed by atoms with Crippen molar-refractivity contribution in [3.8, 4) is 0 Å². The van der Waals surface area contributed by atoms with E-state index in [0.717, 1.165) is 18.2 Å². The van der Waals surface area contributed by atoms with Crippen molar-refractivity contribution >= 4 is 38.7 Å². The number of anilines is 1. The molecule has 1 N–H and O–H groups in total. The van der Waals surface area contributed by atoms with Gasteiger partial charge in [0.25, 0.3) is 21.4 Å². The molecule has 0 amide bonds. The highest BCUT2D eigenvalue weighted by molar-refractivity contribution is 7.92. The van der Waals surface area contributed by atoms with Gasteiger partial charge in [0.15, 0.2) is 0 Å². The Balaban J connectivity index is 2.50. The molecule has 0 radical (unpaired) electrons. The first-order valence-electron chi connectivity index (χ1n) is 6.33. The van der Waals surface area contributed by atoms with Gasteiger partial charge in [0.05, 0.1) is 25.5 Å². The van der Waals surface area contributed by atoms with E-state index in [0.29, 0.717) is 0 Å². The Morgan fingerprint density at radius 2 is 1.54 bits per heavy atom. The predicted octanol–water partition coefficient (Wildman–Crippen LogP) is 3.27. The van der Waals surface area contributed by atoms with Gasteiger partial charge in [0.1, 0.15) is 0 Å². The SMILES string of the molecule is Cc1ccc([N+](=O)[O-])cc1S(=O)(=O)Nc1cc([N+](=O)[O-])ccc1Cl. The van der Waals surface area contributed by atoms with Gasteiger partial charge in [0, 0.05) is 24.3 Å². The molecule has 0 heterocycles. The number of non-ortho nitro benzene ring substituents is 2. The minimum atomic E-state index is -4.23. The summed E-state index contributed by atoms with van der Waals surface area (Å²) in [7, 11) is -4.23. The second kappa shape index (κ2) is 6.42. The third kappa shape index (κ3) is 3.60. The number of sulfonamides is 1. The van der Waals surface area contributed by atoms with Crippen LogP contribution in [0, 0.1) is 27.2 Å². The highest BCUT2D eigenvalue weighted by atomic mass is 35.5. The fourth-order valence-corrected chi connectivity index (χ4v) is 3.45. The molecule has 126 valence electrons. The second-order valence-electron chi connectivity index (χ2n) is 4.73. The molecule has 0 fully saturated rings. The number of benzene rings is 2. The molecule has 2 rings (SSSR count). The second-order valence-corrected chi connectivity index (χ2v) is 6.79. The Kier molecular flexibility index (Phi) is 4.71. The predicted molar refractivity (Wildman–Crippen MR) is 86.7 cm³/mol. The number of nitrogens with one attached hydrogen (secondary N) is 1. The normalized spacial score (nSPS) is 11.1. The Morgan fingerprint density at radius 3 is 2.12 bits per heavy atom. The lowest BCUT2D eigenvalue weighted by Gasteiger charge is -2.11. The van der Waals surface area contributed by atoms with Crippen molar-refractivity contribution in [2.45, 2.75) is 11.8 Å². The summed E-state index contributed by atoms with van der Waals surface area (Å²) < 4.78 is 27.1. The van der Waals surface area contributed by atoms with Gasteiger partial charge in [-0.25, -0.2) is 8.42 Å². The smallest absolute Gasteiger partial charge is 0.271 e. The van der Waals surface area contributed by atoms with Crippen LogP contribution in [0.25, 0.3) is 0 Å². The number of aryl methyl sites for hydroxylation is 1. The van der Waals surface area contributed by atoms with E-state index in [1.165, 1.54) is 25.1 Å². The summed E-state index contributed by atoms with van der Waals surface area (Å²) in [5.41, 5.74) is -0.676. The summed E-state index contributed by atoms with van der Waals surface area (Å²) >= 11 is 5.86. The van der Waals surface area contributed by atoms with E-state index in [1.807, 2.05) is 0 Å². The number of hydrogen-bond acceptors (Lipinski definition) is 6. The van der Waals surface area contributed by atoms with E-state index in [1.54, 1.807) is 0 Å². The summed E-state index contributed by atoms with van der Waals surface area (Å²) in [4.78, 5) is 19.9. The molecule has 0 saturated carbocycles. The molecule has 0 unspecified atom stereocenters. The highest BCUT2D eigenvalue weighted by Crippen LogP contribution is 2.30. The van der Waals surface area contributed by atoms with E-state index in [9.17, 15) is 28.6 Å². The summed E-state index contributed by atoms with van der Waals surface area (Å²) in [6.07, 6.45) is 0. The lowest BCUT2D eigenvalue weighted by molar-refractivity contribution is -0.385. The van der Waals surface area contributed by atoms with E-state index in [-0.39, 0.29) is 26.9 Å². The Bertz CT molecular complexity index is 945. The van der Waals surface area contributed by atoms with Crippen LogP contribution >= 0.6 is 11.6 Å². The fraction of sp³-hybridized carbons (Fsp3) is 0.0769. The standard InChI is InChI=1S/C13H10ClN3O6S/c1-8-2-3-10(17(20)21)7-13(8)24(22,23)15-12-6-9(16(18)19)4-5-11(12)14/h2-7,15H,1H3. The van der Waals surface area contributed by atoms with E-state index in [4.69, 9.17) is 11.6 Å². The van der Waals surface area contributed by atoms with Crippen LogP contribution in [0.3, 0.4) is 0 Å². The number of nitro groups is 2. The molecular weight excluding hydrogens is 362 g/mol. The third-order valence-corrected chi connectivity index (χ3v) is 4.91. The maximum atomic E-state index is 12.5. The molecule has 0 bridgehead atoms. The molecule has 0 aromatic heterocycles. The quantitative estimate of drug-likeness (QED) is 0.633. The first-order chi connectivity index (χ1) is 11.1. The van der Waals surface area contributed by atoms with Crippen LogP contribution in [0.5, 0.6) is 0 Å². The summed E-state index contributed by atoms with van der Waals surface area (Å²) in [5, 5.41) is 21.6. The van der Waals surface area contributed by atoms with Gasteiger partial charge in [0.2, 0.25) is 0 Å². The molecule has 0 spiro atoms. The van der Waals surface area contributed by atoms with Gasteiger partial charge in [-0.3, -0.25) is 25.0 Å². The molecule has 11 heteroatoms. The molecule has 0 atom stereocenters. The lowest BCUT2D eigenvalue weighted by atomic mass is 10.2. The van der Waals surface area contributed by atoms with Crippen molar-refractivity contribution in [2.24, 2.45) is 0 Å². The van der Waals surface area contributed by atoms with E-state index >= 15 is 0 Å². The number of nitrogens with zero attached hydrogens (tertiary/aromatic N) is 2. The van der Waals surface area contributed by atoms with Crippen molar-refractivity contribution in [3.63, 3.8) is 0 Å². The number of nitro benzene ring substituents is 2. The van der Waals surface area contributed by atoms with Gasteiger partial charge in [-0.2, -0.15) is 0 Å². The van der Waals surface area contributed by atoms with Crippen LogP contribution < -0.4 is 4.72 Å². The van der Waals surface area contributed by atoms with Crippen molar-refractivity contribution < 1.29 is 18.3 Å². The minimum absolute atomic E-state index is 0.0488. The topological polar surface area (TPSA) is 132 Å². The lowest BCUT2D eigenvalue weighted by Crippen LogP contribution is -2.15. The zero-order chi connectivity index (χ0) is 18.1. The molecule has 2 aromatic rings. The first kappa shape index (κ1) is 17.6. The van der Waals surface area contributed by atoms with Crippen molar-refractivity contribution in [2.75, 3.05) is 4.72 Å². The van der Waals surface area contributed by atoms with Gasteiger partial charge in [-0.15, -0.1) is 0 Å². The first-order valence-corrected chi connectivity index (χ1v) is 8.20. The molecule has 0 saturated heterocycles. The monoisotopic (exact) mass is 371 g/mol. The average molecular weight is 372 g/mol. The van der Waals surface area contributed by atoms with Gasteiger partial charge >= 0.3 is 0 Å². The van der Waals surface area contributed by atoms with Crippen molar-refractivity contribution in [1.29, 1.82) is 0 Å². The van der Waals surface area contributed by atoms with Crippen molar-refractivity contribution in [3.05, 3.63) is 67.2 Å². The van der Waals surface area contributed by atoms with Crippen LogP contribution in [0.15, 0.2) is 41.3 Å². The molecule has 0 aliphatic carbocycles. The average Bonchev–Trinajstić information content (AvgIpc) is 2.49.